The predicted octanol–water partition coefficient (Wildman–Crippen LogP) is 6.13. The molecule has 1 aliphatic rings. The molecular weight excluding hydrogens is 396 g/mol. The number of ether oxygens (including phenoxy) is 1. The number of aromatic nitrogens is 1. The summed E-state index contributed by atoms with van der Waals surface area (Å²) in [4.78, 5) is 18.3. The lowest BCUT2D eigenvalue weighted by Crippen LogP contribution is -2.28. The fourth-order valence-corrected chi connectivity index (χ4v) is 4.64. The lowest BCUT2D eigenvalue weighted by atomic mass is 9.94. The summed E-state index contributed by atoms with van der Waals surface area (Å²) >= 11 is 1.67. The molecule has 0 saturated carbocycles. The van der Waals surface area contributed by atoms with Gasteiger partial charge in [0.15, 0.2) is 6.10 Å². The maximum absolute atomic E-state index is 12.2. The fourth-order valence-electron chi connectivity index (χ4n) is 3.56. The van der Waals surface area contributed by atoms with Gasteiger partial charge in [0, 0.05) is 16.9 Å². The van der Waals surface area contributed by atoms with Gasteiger partial charge in [-0.05, 0) is 87.6 Å². The van der Waals surface area contributed by atoms with Crippen LogP contribution in [-0.4, -0.2) is 21.7 Å². The molecule has 1 heterocycles. The van der Waals surface area contributed by atoms with E-state index >= 15 is 0 Å². The number of allylic oxidation sites excluding steroid dienone is 2. The van der Waals surface area contributed by atoms with Crippen LogP contribution in [0.4, 0.5) is 5.69 Å². The number of carboxylic acid groups (broad SMARTS) is 1. The normalized spacial score (nSPS) is 15.5. The van der Waals surface area contributed by atoms with E-state index in [0.29, 0.717) is 16.9 Å². The second-order valence-electron chi connectivity index (χ2n) is 8.60. The Morgan fingerprint density at radius 2 is 1.93 bits per heavy atom. The molecule has 30 heavy (non-hydrogen) atoms. The molecule has 0 radical (unpaired) electrons. The minimum absolute atomic E-state index is 0.587. The Morgan fingerprint density at radius 1 is 1.23 bits per heavy atom. The van der Waals surface area contributed by atoms with Gasteiger partial charge in [0.25, 0.3) is 0 Å². The average Bonchev–Trinajstić information content (AvgIpc) is 2.67. The minimum Gasteiger partial charge on any atom is -0.479 e. The van der Waals surface area contributed by atoms with Crippen LogP contribution in [0.15, 0.2) is 46.3 Å². The number of anilines is 1. The van der Waals surface area contributed by atoms with E-state index < -0.39 is 17.7 Å². The lowest BCUT2D eigenvalue weighted by Gasteiger charge is -2.28. The minimum atomic E-state index is -1.11. The summed E-state index contributed by atoms with van der Waals surface area (Å²) in [6.07, 6.45) is 5.76. The van der Waals surface area contributed by atoms with E-state index in [2.05, 4.69) is 6.08 Å². The smallest absolute Gasteiger partial charge is 0.337 e. The summed E-state index contributed by atoms with van der Waals surface area (Å²) in [5.74, 6) is -1.03. The monoisotopic (exact) mass is 426 g/mol. The van der Waals surface area contributed by atoms with Crippen LogP contribution in [0.2, 0.25) is 0 Å². The van der Waals surface area contributed by atoms with Crippen molar-refractivity contribution in [3.8, 4) is 11.1 Å². The molecule has 1 unspecified atom stereocenters. The topological polar surface area (TPSA) is 85.4 Å². The van der Waals surface area contributed by atoms with E-state index in [0.717, 1.165) is 29.0 Å². The highest BCUT2D eigenvalue weighted by molar-refractivity contribution is 8.03. The number of nitrogens with two attached hydrogens (primary N) is 1. The van der Waals surface area contributed by atoms with Gasteiger partial charge in [-0.2, -0.15) is 0 Å². The molecule has 3 rings (SSSR count). The van der Waals surface area contributed by atoms with Gasteiger partial charge >= 0.3 is 5.97 Å². The van der Waals surface area contributed by atoms with Crippen molar-refractivity contribution in [1.29, 1.82) is 0 Å². The van der Waals surface area contributed by atoms with Crippen LogP contribution in [0.25, 0.3) is 11.1 Å². The summed E-state index contributed by atoms with van der Waals surface area (Å²) in [5.41, 5.74) is 8.89. The molecule has 6 heteroatoms. The van der Waals surface area contributed by atoms with Crippen LogP contribution < -0.4 is 5.73 Å². The van der Waals surface area contributed by atoms with Crippen LogP contribution in [0, 0.1) is 6.92 Å². The highest BCUT2D eigenvalue weighted by Gasteiger charge is 2.31. The van der Waals surface area contributed by atoms with Crippen LogP contribution in [0.3, 0.4) is 0 Å². The first-order valence-electron chi connectivity index (χ1n) is 10.3. The number of benzene rings is 1. The first-order valence-corrected chi connectivity index (χ1v) is 11.1. The third kappa shape index (κ3) is 5.64. The van der Waals surface area contributed by atoms with E-state index in [1.165, 1.54) is 17.7 Å². The highest BCUT2D eigenvalue weighted by atomic mass is 32.2. The van der Waals surface area contributed by atoms with Crippen molar-refractivity contribution in [2.24, 2.45) is 0 Å². The number of nitrogens with zero attached hydrogens (tertiary/aromatic N) is 1. The number of rotatable bonds is 6. The number of pyridine rings is 1. The molecule has 1 aromatic heterocycles. The standard InChI is InChI=1S/C24H30N2O3S/c1-15-21(22(23(27)28)29-24(2,3)4)19(16-10-12-17(25)13-11-16)14-20(26-15)30-18-8-6-5-7-9-18/h8,10-14,22H,5-7,9,25H2,1-4H3,(H,27,28). The number of aliphatic carboxylic acids is 1. The number of aryl methyl sites for hydroxylation is 1. The van der Waals surface area contributed by atoms with Gasteiger partial charge in [-0.15, -0.1) is 0 Å². The van der Waals surface area contributed by atoms with Crippen molar-refractivity contribution in [1.82, 2.24) is 4.98 Å². The van der Waals surface area contributed by atoms with Crippen molar-refractivity contribution in [2.45, 2.75) is 70.1 Å². The Balaban J connectivity index is 2.13. The van der Waals surface area contributed by atoms with Gasteiger partial charge in [-0.25, -0.2) is 9.78 Å². The molecule has 0 aliphatic heterocycles. The quantitative estimate of drug-likeness (QED) is 0.540. The number of hydrogen-bond acceptors (Lipinski definition) is 5. The zero-order valence-corrected chi connectivity index (χ0v) is 18.9. The fraction of sp³-hybridized carbons (Fsp3) is 0.417. The highest BCUT2D eigenvalue weighted by Crippen LogP contribution is 2.39. The molecular formula is C24H30N2O3S. The average molecular weight is 427 g/mol. The van der Waals surface area contributed by atoms with E-state index in [1.54, 1.807) is 11.8 Å². The summed E-state index contributed by atoms with van der Waals surface area (Å²) < 4.78 is 5.96. The predicted molar refractivity (Wildman–Crippen MR) is 122 cm³/mol. The molecule has 2 aromatic rings. The van der Waals surface area contributed by atoms with Gasteiger partial charge in [-0.3, -0.25) is 0 Å². The Kier molecular flexibility index (Phi) is 6.88. The van der Waals surface area contributed by atoms with Crippen molar-refractivity contribution < 1.29 is 14.6 Å². The second-order valence-corrected chi connectivity index (χ2v) is 9.74. The number of carbonyl (C=O) groups is 1. The number of hydrogen-bond donors (Lipinski definition) is 2. The first-order chi connectivity index (χ1) is 14.1. The Hall–Kier alpha value is -2.31. The molecule has 3 N–H and O–H groups in total. The molecule has 0 fully saturated rings. The first kappa shape index (κ1) is 22.4. The van der Waals surface area contributed by atoms with Crippen molar-refractivity contribution in [3.63, 3.8) is 0 Å². The molecule has 1 aromatic carbocycles. The van der Waals surface area contributed by atoms with Gasteiger partial charge in [-0.1, -0.05) is 30.0 Å². The van der Waals surface area contributed by atoms with E-state index in [9.17, 15) is 9.90 Å². The van der Waals surface area contributed by atoms with Gasteiger partial charge in [0.05, 0.1) is 5.60 Å². The van der Waals surface area contributed by atoms with Gasteiger partial charge in [0.1, 0.15) is 5.03 Å². The summed E-state index contributed by atoms with van der Waals surface area (Å²) in [6.45, 7) is 7.43. The van der Waals surface area contributed by atoms with E-state index in [4.69, 9.17) is 15.5 Å². The zero-order chi connectivity index (χ0) is 21.9. The van der Waals surface area contributed by atoms with Crippen molar-refractivity contribution in [2.75, 3.05) is 5.73 Å². The molecule has 1 atom stereocenters. The van der Waals surface area contributed by atoms with Crippen LogP contribution in [0.1, 0.15) is 63.8 Å². The number of nitrogen functional groups attached to an aromatic ring is 1. The molecule has 1 aliphatic carbocycles. The van der Waals surface area contributed by atoms with Crippen LogP contribution >= 0.6 is 11.8 Å². The maximum atomic E-state index is 12.2. The number of thioether (sulfide) groups is 1. The Morgan fingerprint density at radius 3 is 2.50 bits per heavy atom. The summed E-state index contributed by atoms with van der Waals surface area (Å²) in [7, 11) is 0. The lowest BCUT2D eigenvalue weighted by molar-refractivity contribution is -0.160. The summed E-state index contributed by atoms with van der Waals surface area (Å²) in [5, 5.41) is 10.8. The molecule has 0 spiro atoms. The van der Waals surface area contributed by atoms with E-state index in [-0.39, 0.29) is 0 Å². The third-order valence-corrected chi connectivity index (χ3v) is 5.94. The molecule has 0 bridgehead atoms. The van der Waals surface area contributed by atoms with E-state index in [1.807, 2.05) is 58.0 Å². The molecule has 0 saturated heterocycles. The zero-order valence-electron chi connectivity index (χ0n) is 18.1. The van der Waals surface area contributed by atoms with Gasteiger partial charge < -0.3 is 15.6 Å². The molecule has 5 nitrogen and oxygen atoms in total. The summed E-state index contributed by atoms with van der Waals surface area (Å²) in [6, 6.07) is 9.46. The van der Waals surface area contributed by atoms with Crippen molar-refractivity contribution >= 4 is 23.4 Å². The van der Waals surface area contributed by atoms with Crippen molar-refractivity contribution in [3.05, 3.63) is 52.6 Å². The molecule has 160 valence electrons. The Labute approximate surface area is 182 Å². The SMILES string of the molecule is Cc1nc(SC2=CCCCC2)cc(-c2ccc(N)cc2)c1C(OC(C)(C)C)C(=O)O. The van der Waals surface area contributed by atoms with Crippen LogP contribution in [0.5, 0.6) is 0 Å². The largest absolute Gasteiger partial charge is 0.479 e. The number of carboxylic acids is 1. The van der Waals surface area contributed by atoms with Crippen LogP contribution in [-0.2, 0) is 9.53 Å². The molecule has 0 amide bonds. The van der Waals surface area contributed by atoms with Gasteiger partial charge in [0.2, 0.25) is 0 Å². The second kappa shape index (κ2) is 9.23. The Bertz CT molecular complexity index is 946. The maximum Gasteiger partial charge on any atom is 0.337 e. The third-order valence-electron chi connectivity index (χ3n) is 4.89.